The Kier molecular flexibility index (Phi) is 5.08. The number of imide groups is 1. The maximum absolute atomic E-state index is 13.1. The third kappa shape index (κ3) is 3.29. The number of methoxy groups -OCH3 is 1. The fraction of sp³-hybridized carbons (Fsp3) is 0.143. The van der Waals surface area contributed by atoms with Crippen LogP contribution in [0.15, 0.2) is 48.5 Å². The standard InChI is InChI=1S/C21H17NO6/c1-12(23)22-17-11-15(21(26)27-3)9-10-16(17)18(20(22)25)19(28-13(2)24)14-7-5-4-6-8-14/h4-11H,1-3H3/b19-18-. The molecule has 7 heteroatoms. The first-order chi connectivity index (χ1) is 13.3. The van der Waals surface area contributed by atoms with E-state index in [4.69, 9.17) is 9.47 Å². The van der Waals surface area contributed by atoms with Crippen molar-refractivity contribution in [3.05, 3.63) is 65.2 Å². The Hall–Kier alpha value is -3.74. The molecule has 0 radical (unpaired) electrons. The molecule has 0 spiro atoms. The fourth-order valence-corrected chi connectivity index (χ4v) is 3.03. The lowest BCUT2D eigenvalue weighted by Gasteiger charge is -2.13. The van der Waals surface area contributed by atoms with Crippen LogP contribution in [0.1, 0.15) is 35.3 Å². The van der Waals surface area contributed by atoms with E-state index < -0.39 is 23.8 Å². The zero-order valence-corrected chi connectivity index (χ0v) is 15.5. The summed E-state index contributed by atoms with van der Waals surface area (Å²) in [7, 11) is 1.24. The largest absolute Gasteiger partial charge is 0.465 e. The predicted molar refractivity (Wildman–Crippen MR) is 101 cm³/mol. The van der Waals surface area contributed by atoms with Gasteiger partial charge in [-0.05, 0) is 12.1 Å². The summed E-state index contributed by atoms with van der Waals surface area (Å²) in [6, 6.07) is 13.1. The molecule has 1 heterocycles. The molecule has 3 rings (SSSR count). The monoisotopic (exact) mass is 379 g/mol. The lowest BCUT2D eigenvalue weighted by molar-refractivity contribution is -0.134. The maximum Gasteiger partial charge on any atom is 0.337 e. The van der Waals surface area contributed by atoms with Crippen molar-refractivity contribution in [2.24, 2.45) is 0 Å². The molecule has 7 nitrogen and oxygen atoms in total. The van der Waals surface area contributed by atoms with Gasteiger partial charge in [0.25, 0.3) is 5.91 Å². The highest BCUT2D eigenvalue weighted by Crippen LogP contribution is 2.42. The van der Waals surface area contributed by atoms with E-state index in [0.29, 0.717) is 11.1 Å². The Morgan fingerprint density at radius 1 is 0.929 bits per heavy atom. The number of carbonyl (C=O) groups excluding carboxylic acids is 4. The lowest BCUT2D eigenvalue weighted by atomic mass is 10.0. The number of ether oxygens (including phenoxy) is 2. The minimum absolute atomic E-state index is 0.0499. The van der Waals surface area contributed by atoms with Crippen LogP contribution in [0.3, 0.4) is 0 Å². The summed E-state index contributed by atoms with van der Waals surface area (Å²) in [6.07, 6.45) is 0. The first kappa shape index (κ1) is 19.0. The van der Waals surface area contributed by atoms with E-state index >= 15 is 0 Å². The predicted octanol–water partition coefficient (Wildman–Crippen LogP) is 2.80. The molecule has 0 aromatic heterocycles. The van der Waals surface area contributed by atoms with Crippen molar-refractivity contribution in [1.82, 2.24) is 0 Å². The highest BCUT2D eigenvalue weighted by atomic mass is 16.5. The van der Waals surface area contributed by atoms with E-state index in [1.54, 1.807) is 30.3 Å². The van der Waals surface area contributed by atoms with Gasteiger partial charge in [-0.3, -0.25) is 14.4 Å². The van der Waals surface area contributed by atoms with E-state index in [0.717, 1.165) is 4.90 Å². The number of hydrogen-bond acceptors (Lipinski definition) is 6. The highest BCUT2D eigenvalue weighted by Gasteiger charge is 2.39. The second-order valence-corrected chi connectivity index (χ2v) is 6.05. The summed E-state index contributed by atoms with van der Waals surface area (Å²) in [5, 5.41) is 0. The molecule has 0 aliphatic carbocycles. The Bertz CT molecular complexity index is 1020. The first-order valence-corrected chi connectivity index (χ1v) is 8.41. The van der Waals surface area contributed by atoms with E-state index in [1.165, 1.54) is 39.2 Å². The number of nitrogens with zero attached hydrogens (tertiary/aromatic N) is 1. The third-order valence-corrected chi connectivity index (χ3v) is 4.17. The number of anilines is 1. The molecule has 2 aromatic rings. The second kappa shape index (κ2) is 7.48. The van der Waals surface area contributed by atoms with E-state index in [2.05, 4.69) is 0 Å². The van der Waals surface area contributed by atoms with Gasteiger partial charge < -0.3 is 9.47 Å². The smallest absolute Gasteiger partial charge is 0.337 e. The zero-order valence-electron chi connectivity index (χ0n) is 15.5. The molecule has 1 aliphatic heterocycles. The molecule has 2 aromatic carbocycles. The normalized spacial score (nSPS) is 14.4. The maximum atomic E-state index is 13.1. The Labute approximate surface area is 161 Å². The molecular weight excluding hydrogens is 362 g/mol. The van der Waals surface area contributed by atoms with Crippen molar-refractivity contribution in [2.45, 2.75) is 13.8 Å². The van der Waals surface area contributed by atoms with Gasteiger partial charge in [-0.25, -0.2) is 9.69 Å². The van der Waals surface area contributed by atoms with Gasteiger partial charge in [-0.2, -0.15) is 0 Å². The Morgan fingerprint density at radius 3 is 2.18 bits per heavy atom. The highest BCUT2D eigenvalue weighted by molar-refractivity contribution is 6.43. The quantitative estimate of drug-likeness (QED) is 0.463. The van der Waals surface area contributed by atoms with Crippen molar-refractivity contribution in [2.75, 3.05) is 12.0 Å². The first-order valence-electron chi connectivity index (χ1n) is 8.41. The average molecular weight is 379 g/mol. The average Bonchev–Trinajstić information content (AvgIpc) is 2.97. The topological polar surface area (TPSA) is 90.0 Å². The van der Waals surface area contributed by atoms with Crippen molar-refractivity contribution >= 4 is 40.8 Å². The number of carbonyl (C=O) groups is 4. The number of rotatable bonds is 3. The minimum Gasteiger partial charge on any atom is -0.465 e. The van der Waals surface area contributed by atoms with Crippen LogP contribution in [0.2, 0.25) is 0 Å². The molecule has 1 aliphatic rings. The summed E-state index contributed by atoms with van der Waals surface area (Å²) in [5.74, 6) is -2.32. The van der Waals surface area contributed by atoms with Gasteiger partial charge in [0.2, 0.25) is 5.91 Å². The van der Waals surface area contributed by atoms with Crippen LogP contribution in [0.25, 0.3) is 11.3 Å². The van der Waals surface area contributed by atoms with E-state index in [-0.39, 0.29) is 22.6 Å². The van der Waals surface area contributed by atoms with Crippen LogP contribution in [0.4, 0.5) is 5.69 Å². The van der Waals surface area contributed by atoms with Crippen molar-refractivity contribution in [3.63, 3.8) is 0 Å². The van der Waals surface area contributed by atoms with Gasteiger partial charge in [0.05, 0.1) is 23.9 Å². The van der Waals surface area contributed by atoms with E-state index in [1.807, 2.05) is 0 Å². The van der Waals surface area contributed by atoms with Gasteiger partial charge in [0.1, 0.15) is 0 Å². The molecule has 0 fully saturated rings. The fourth-order valence-electron chi connectivity index (χ4n) is 3.03. The van der Waals surface area contributed by atoms with Crippen molar-refractivity contribution in [3.8, 4) is 0 Å². The molecular formula is C21H17NO6. The number of benzene rings is 2. The third-order valence-electron chi connectivity index (χ3n) is 4.17. The minimum atomic E-state index is -0.635. The van der Waals surface area contributed by atoms with Crippen LogP contribution in [0, 0.1) is 0 Å². The molecule has 0 N–H and O–H groups in total. The Morgan fingerprint density at radius 2 is 1.61 bits per heavy atom. The molecule has 0 atom stereocenters. The van der Waals surface area contributed by atoms with Crippen LogP contribution in [-0.2, 0) is 23.9 Å². The summed E-state index contributed by atoms with van der Waals surface area (Å²) < 4.78 is 10.1. The molecule has 2 amide bonds. The second-order valence-electron chi connectivity index (χ2n) is 6.05. The number of fused-ring (bicyclic) bond motifs is 1. The SMILES string of the molecule is COC(=O)c1ccc2c(c1)N(C(C)=O)C(=O)/C2=C(\OC(C)=O)c1ccccc1. The van der Waals surface area contributed by atoms with Gasteiger partial charge in [0, 0.05) is 25.0 Å². The molecule has 0 saturated carbocycles. The molecule has 28 heavy (non-hydrogen) atoms. The van der Waals surface area contributed by atoms with E-state index in [9.17, 15) is 19.2 Å². The van der Waals surface area contributed by atoms with Crippen LogP contribution >= 0.6 is 0 Å². The van der Waals surface area contributed by atoms with Crippen LogP contribution < -0.4 is 4.90 Å². The van der Waals surface area contributed by atoms with Gasteiger partial charge in [0.15, 0.2) is 5.76 Å². The summed E-state index contributed by atoms with van der Waals surface area (Å²) in [5.41, 5.74) is 1.39. The van der Waals surface area contributed by atoms with Crippen molar-refractivity contribution < 1.29 is 28.7 Å². The Balaban J connectivity index is 2.31. The van der Waals surface area contributed by atoms with Gasteiger partial charge >= 0.3 is 11.9 Å². The molecule has 142 valence electrons. The van der Waals surface area contributed by atoms with Gasteiger partial charge in [-0.15, -0.1) is 0 Å². The van der Waals surface area contributed by atoms with Crippen LogP contribution in [-0.4, -0.2) is 30.9 Å². The lowest BCUT2D eigenvalue weighted by Crippen LogP contribution is -2.31. The zero-order chi connectivity index (χ0) is 20.4. The van der Waals surface area contributed by atoms with Gasteiger partial charge in [-0.1, -0.05) is 36.4 Å². The molecule has 0 bridgehead atoms. The number of amides is 2. The number of hydrogen-bond donors (Lipinski definition) is 0. The summed E-state index contributed by atoms with van der Waals surface area (Å²) in [6.45, 7) is 2.47. The summed E-state index contributed by atoms with van der Waals surface area (Å²) in [4.78, 5) is 49.7. The summed E-state index contributed by atoms with van der Waals surface area (Å²) >= 11 is 0. The van der Waals surface area contributed by atoms with Crippen molar-refractivity contribution in [1.29, 1.82) is 0 Å². The number of esters is 2. The van der Waals surface area contributed by atoms with Crippen LogP contribution in [0.5, 0.6) is 0 Å². The molecule has 0 unspecified atom stereocenters. The molecule has 0 saturated heterocycles.